The predicted molar refractivity (Wildman–Crippen MR) is 95.3 cm³/mol. The Labute approximate surface area is 145 Å². The number of alkyl halides is 1. The van der Waals surface area contributed by atoms with Gasteiger partial charge in [-0.3, -0.25) is 4.52 Å². The minimum Gasteiger partial charge on any atom is -0.395 e. The van der Waals surface area contributed by atoms with E-state index in [0.29, 0.717) is 17.9 Å². The van der Waals surface area contributed by atoms with Crippen LogP contribution in [-0.2, 0) is 9.09 Å². The van der Waals surface area contributed by atoms with Crippen LogP contribution in [0.4, 0.5) is 0 Å². The van der Waals surface area contributed by atoms with E-state index in [0.717, 1.165) is 0 Å². The van der Waals surface area contributed by atoms with Crippen molar-refractivity contribution in [3.8, 4) is 11.5 Å². The molecule has 23 heavy (non-hydrogen) atoms. The van der Waals surface area contributed by atoms with E-state index in [4.69, 9.17) is 13.6 Å². The molecular weight excluding hydrogens is 379 g/mol. The third kappa shape index (κ3) is 6.38. The van der Waals surface area contributed by atoms with Crippen molar-refractivity contribution in [3.05, 3.63) is 60.7 Å². The van der Waals surface area contributed by atoms with Gasteiger partial charge in [-0.1, -0.05) is 59.3 Å². The Morgan fingerprint density at radius 1 is 0.913 bits per heavy atom. The lowest BCUT2D eigenvalue weighted by atomic mass is 10.2. The van der Waals surface area contributed by atoms with Gasteiger partial charge in [-0.2, -0.15) is 0 Å². The zero-order chi connectivity index (χ0) is 16.7. The van der Waals surface area contributed by atoms with E-state index in [-0.39, 0.29) is 10.9 Å². The lowest BCUT2D eigenvalue weighted by Crippen LogP contribution is -2.15. The summed E-state index contributed by atoms with van der Waals surface area (Å²) in [4.78, 5) is 0.236. The molecule has 4 nitrogen and oxygen atoms in total. The van der Waals surface area contributed by atoms with Crippen LogP contribution in [0.15, 0.2) is 60.7 Å². The van der Waals surface area contributed by atoms with Gasteiger partial charge in [0.05, 0.1) is 6.10 Å². The summed E-state index contributed by atoms with van der Waals surface area (Å²) >= 11 is 3.46. The van der Waals surface area contributed by atoms with Crippen LogP contribution in [0, 0.1) is 0 Å². The predicted octanol–water partition coefficient (Wildman–Crippen LogP) is 5.83. The highest BCUT2D eigenvalue weighted by atomic mass is 79.9. The molecule has 0 aliphatic carbocycles. The summed E-state index contributed by atoms with van der Waals surface area (Å²) in [7, 11) is -3.80. The van der Waals surface area contributed by atoms with Gasteiger partial charge in [0.15, 0.2) is 0 Å². The fraction of sp³-hybridized carbons (Fsp3) is 0.294. The lowest BCUT2D eigenvalue weighted by Gasteiger charge is -2.23. The quantitative estimate of drug-likeness (QED) is 0.414. The fourth-order valence-corrected chi connectivity index (χ4v) is 3.94. The minimum absolute atomic E-state index is 0.236. The van der Waals surface area contributed by atoms with E-state index in [9.17, 15) is 4.57 Å². The molecule has 0 aliphatic heterocycles. The molecule has 2 aromatic carbocycles. The molecule has 2 atom stereocenters. The molecule has 0 aromatic heterocycles. The van der Waals surface area contributed by atoms with E-state index in [1.807, 2.05) is 26.0 Å². The van der Waals surface area contributed by atoms with E-state index in [2.05, 4.69) is 15.9 Å². The Hall–Kier alpha value is -1.29. The number of rotatable bonds is 8. The summed E-state index contributed by atoms with van der Waals surface area (Å²) in [6.07, 6.45) is 0.392. The molecule has 0 amide bonds. The van der Waals surface area contributed by atoms with E-state index >= 15 is 0 Å². The van der Waals surface area contributed by atoms with Crippen LogP contribution in [0.3, 0.4) is 0 Å². The molecule has 6 heteroatoms. The maximum atomic E-state index is 13.1. The van der Waals surface area contributed by atoms with Crippen LogP contribution in [0.2, 0.25) is 0 Å². The molecule has 2 unspecified atom stereocenters. The Morgan fingerprint density at radius 3 is 1.74 bits per heavy atom. The molecule has 0 spiro atoms. The van der Waals surface area contributed by atoms with E-state index < -0.39 is 7.82 Å². The van der Waals surface area contributed by atoms with Crippen LogP contribution < -0.4 is 9.05 Å². The van der Waals surface area contributed by atoms with Crippen molar-refractivity contribution >= 4 is 23.8 Å². The highest BCUT2D eigenvalue weighted by molar-refractivity contribution is 9.09. The summed E-state index contributed by atoms with van der Waals surface area (Å²) in [6, 6.07) is 17.7. The number of benzene rings is 2. The molecule has 0 fully saturated rings. The first kappa shape index (κ1) is 18.1. The number of para-hydroxylation sites is 2. The van der Waals surface area contributed by atoms with Gasteiger partial charge in [-0.25, -0.2) is 4.57 Å². The van der Waals surface area contributed by atoms with Gasteiger partial charge in [0, 0.05) is 4.83 Å². The third-order valence-electron chi connectivity index (χ3n) is 2.89. The number of hydrogen-bond acceptors (Lipinski definition) is 4. The molecule has 0 aliphatic rings. The molecule has 0 heterocycles. The summed E-state index contributed by atoms with van der Waals surface area (Å²) in [6.45, 7) is 3.84. The smallest absolute Gasteiger partial charge is 0.395 e. The topological polar surface area (TPSA) is 44.8 Å². The first-order valence-corrected chi connectivity index (χ1v) is 9.76. The second-order valence-corrected chi connectivity index (χ2v) is 8.22. The van der Waals surface area contributed by atoms with Crippen molar-refractivity contribution in [1.29, 1.82) is 0 Å². The second-order valence-electron chi connectivity index (χ2n) is 5.19. The van der Waals surface area contributed by atoms with Crippen molar-refractivity contribution in [2.75, 3.05) is 0 Å². The van der Waals surface area contributed by atoms with Gasteiger partial charge < -0.3 is 9.05 Å². The average Bonchev–Trinajstić information content (AvgIpc) is 2.47. The summed E-state index contributed by atoms with van der Waals surface area (Å²) in [5.74, 6) is 0.872. The van der Waals surface area contributed by atoms with Crippen LogP contribution in [-0.4, -0.2) is 10.9 Å². The Morgan fingerprint density at radius 2 is 1.35 bits per heavy atom. The SMILES string of the molecule is CC(Br)CC(C)OP(=O)(Oc1ccccc1)Oc1ccccc1. The first-order valence-electron chi connectivity index (χ1n) is 7.39. The number of hydrogen-bond donors (Lipinski definition) is 0. The molecule has 0 saturated heterocycles. The molecule has 0 saturated carbocycles. The Balaban J connectivity index is 2.17. The van der Waals surface area contributed by atoms with Gasteiger partial charge in [0.2, 0.25) is 0 Å². The Bertz CT molecular complexity index is 588. The van der Waals surface area contributed by atoms with Gasteiger partial charge in [0.25, 0.3) is 0 Å². The largest absolute Gasteiger partial charge is 0.587 e. The number of phosphoric ester groups is 1. The number of halogens is 1. The molecular formula is C17H20BrO4P. The average molecular weight is 399 g/mol. The zero-order valence-electron chi connectivity index (χ0n) is 13.1. The maximum Gasteiger partial charge on any atom is 0.587 e. The second kappa shape index (κ2) is 8.53. The van der Waals surface area contributed by atoms with Crippen molar-refractivity contribution in [1.82, 2.24) is 0 Å². The normalized spacial score (nSPS) is 14.0. The molecule has 0 bridgehead atoms. The Kier molecular flexibility index (Phi) is 6.70. The first-order chi connectivity index (χ1) is 11.0. The van der Waals surface area contributed by atoms with E-state index in [1.165, 1.54) is 0 Å². The van der Waals surface area contributed by atoms with Crippen LogP contribution >= 0.6 is 23.8 Å². The van der Waals surface area contributed by atoms with Crippen molar-refractivity contribution in [2.45, 2.75) is 31.2 Å². The van der Waals surface area contributed by atoms with E-state index in [1.54, 1.807) is 48.5 Å². The lowest BCUT2D eigenvalue weighted by molar-refractivity contribution is 0.149. The van der Waals surface area contributed by atoms with Crippen molar-refractivity contribution < 1.29 is 18.1 Å². The molecule has 0 radical (unpaired) electrons. The number of phosphoric acid groups is 1. The summed E-state index contributed by atoms with van der Waals surface area (Å²) in [5.41, 5.74) is 0. The van der Waals surface area contributed by atoms with Crippen LogP contribution in [0.5, 0.6) is 11.5 Å². The van der Waals surface area contributed by atoms with Crippen LogP contribution in [0.25, 0.3) is 0 Å². The highest BCUT2D eigenvalue weighted by Crippen LogP contribution is 2.51. The zero-order valence-corrected chi connectivity index (χ0v) is 15.6. The molecule has 2 aromatic rings. The van der Waals surface area contributed by atoms with Gasteiger partial charge in [0.1, 0.15) is 11.5 Å². The monoisotopic (exact) mass is 398 g/mol. The highest BCUT2D eigenvalue weighted by Gasteiger charge is 2.33. The van der Waals surface area contributed by atoms with Crippen molar-refractivity contribution in [2.24, 2.45) is 0 Å². The molecule has 0 N–H and O–H groups in total. The fourth-order valence-electron chi connectivity index (χ4n) is 2.00. The van der Waals surface area contributed by atoms with Gasteiger partial charge >= 0.3 is 7.82 Å². The maximum absolute atomic E-state index is 13.1. The van der Waals surface area contributed by atoms with Gasteiger partial charge in [-0.05, 0) is 37.6 Å². The summed E-state index contributed by atoms with van der Waals surface area (Å²) < 4.78 is 29.8. The molecule has 124 valence electrons. The van der Waals surface area contributed by atoms with Gasteiger partial charge in [-0.15, -0.1) is 0 Å². The van der Waals surface area contributed by atoms with Crippen LogP contribution in [0.1, 0.15) is 20.3 Å². The summed E-state index contributed by atoms with van der Waals surface area (Å²) in [5, 5.41) is 0. The molecule has 2 rings (SSSR count). The minimum atomic E-state index is -3.80. The third-order valence-corrected chi connectivity index (χ3v) is 4.75. The standard InChI is InChI=1S/C17H20BrO4P/c1-14(18)13-15(2)20-23(19,21-16-9-5-3-6-10-16)22-17-11-7-4-8-12-17/h3-12,14-15H,13H2,1-2H3. The van der Waals surface area contributed by atoms with Crippen molar-refractivity contribution in [3.63, 3.8) is 0 Å².